The lowest BCUT2D eigenvalue weighted by Crippen LogP contribution is -2.46. The number of phosphoric acid groups is 1. The van der Waals surface area contributed by atoms with Crippen molar-refractivity contribution in [2.45, 2.75) is 244 Å². The first kappa shape index (κ1) is 58.7. The number of aliphatic hydroxyl groups is 1. The monoisotopic (exact) mass is 868 g/mol. The molecule has 3 atom stereocenters. The summed E-state index contributed by atoms with van der Waals surface area (Å²) in [5, 5.41) is 14.0. The van der Waals surface area contributed by atoms with Gasteiger partial charge in [-0.3, -0.25) is 13.8 Å². The number of phosphoric ester groups is 1. The van der Waals surface area contributed by atoms with E-state index >= 15 is 0 Å². The maximum absolute atomic E-state index is 12.9. The topological polar surface area (TPSA) is 105 Å². The number of aliphatic hydroxyl groups excluding tert-OH is 1. The van der Waals surface area contributed by atoms with Gasteiger partial charge in [0.15, 0.2) is 0 Å². The van der Waals surface area contributed by atoms with Crippen LogP contribution in [0.3, 0.4) is 0 Å². The number of nitrogens with one attached hydrogen (secondary N) is 1. The number of hydrogen-bond acceptors (Lipinski definition) is 5. The van der Waals surface area contributed by atoms with E-state index in [2.05, 4.69) is 55.6 Å². The van der Waals surface area contributed by atoms with Gasteiger partial charge in [0.05, 0.1) is 39.9 Å². The Kier molecular flexibility index (Phi) is 42.1. The molecule has 0 aliphatic rings. The Balaban J connectivity index is 4.18. The third kappa shape index (κ3) is 44.8. The molecule has 9 heteroatoms. The molecule has 0 bridgehead atoms. The molecule has 0 aromatic rings. The predicted octanol–water partition coefficient (Wildman–Crippen LogP) is 14.6. The number of carbonyl (C=O) groups excluding carboxylic acids is 1. The maximum atomic E-state index is 12.9. The third-order valence-electron chi connectivity index (χ3n) is 11.4. The van der Waals surface area contributed by atoms with Crippen molar-refractivity contribution in [1.29, 1.82) is 0 Å². The Morgan fingerprint density at radius 2 is 1.00 bits per heavy atom. The number of allylic oxidation sites excluding steroid dienone is 6. The van der Waals surface area contributed by atoms with Crippen molar-refractivity contribution in [1.82, 2.24) is 5.32 Å². The molecule has 0 heterocycles. The van der Waals surface area contributed by atoms with E-state index in [9.17, 15) is 19.4 Å². The van der Waals surface area contributed by atoms with Gasteiger partial charge in [-0.05, 0) is 44.9 Å². The van der Waals surface area contributed by atoms with Crippen LogP contribution >= 0.6 is 7.82 Å². The van der Waals surface area contributed by atoms with E-state index in [1.807, 2.05) is 21.1 Å². The van der Waals surface area contributed by atoms with Gasteiger partial charge in [-0.15, -0.1) is 0 Å². The lowest BCUT2D eigenvalue weighted by atomic mass is 10.0. The molecule has 0 saturated heterocycles. The van der Waals surface area contributed by atoms with Crippen molar-refractivity contribution in [2.75, 3.05) is 40.9 Å². The fraction of sp³-hybridized carbons (Fsp3) is 0.863. The number of quaternary nitrogens is 1. The Morgan fingerprint density at radius 1 is 0.583 bits per heavy atom. The summed E-state index contributed by atoms with van der Waals surface area (Å²) in [6, 6.07) is -0.775. The van der Waals surface area contributed by atoms with Crippen molar-refractivity contribution >= 4 is 13.7 Å². The largest absolute Gasteiger partial charge is 0.472 e. The summed E-state index contributed by atoms with van der Waals surface area (Å²) in [5.74, 6) is -0.172. The van der Waals surface area contributed by atoms with Crippen LogP contribution in [0.5, 0.6) is 0 Å². The first-order valence-corrected chi connectivity index (χ1v) is 26.8. The highest BCUT2D eigenvalue weighted by molar-refractivity contribution is 7.47. The predicted molar refractivity (Wildman–Crippen MR) is 258 cm³/mol. The van der Waals surface area contributed by atoms with E-state index in [1.165, 1.54) is 141 Å². The Morgan fingerprint density at radius 3 is 1.45 bits per heavy atom. The van der Waals surface area contributed by atoms with E-state index in [-0.39, 0.29) is 19.1 Å². The van der Waals surface area contributed by atoms with Crippen LogP contribution in [-0.2, 0) is 18.4 Å². The second kappa shape index (κ2) is 43.0. The first-order chi connectivity index (χ1) is 29.0. The van der Waals surface area contributed by atoms with Crippen LogP contribution < -0.4 is 5.32 Å². The van der Waals surface area contributed by atoms with Crippen LogP contribution in [0.15, 0.2) is 36.5 Å². The minimum Gasteiger partial charge on any atom is -0.391 e. The number of unbranched alkanes of at least 4 members (excludes halogenated alkanes) is 27. The summed E-state index contributed by atoms with van der Waals surface area (Å²) in [4.78, 5) is 23.2. The normalized spacial score (nSPS) is 14.4. The number of nitrogens with zero attached hydrogens (tertiary/aromatic N) is 1. The first-order valence-electron chi connectivity index (χ1n) is 25.4. The highest BCUT2D eigenvalue weighted by Gasteiger charge is 2.28. The van der Waals surface area contributed by atoms with Crippen molar-refractivity contribution in [3.8, 4) is 0 Å². The summed E-state index contributed by atoms with van der Waals surface area (Å²) < 4.78 is 23.7. The quantitative estimate of drug-likeness (QED) is 0.0244. The molecule has 0 radical (unpaired) electrons. The molecule has 3 N–H and O–H groups in total. The summed E-state index contributed by atoms with van der Waals surface area (Å²) in [6.07, 6.45) is 53.4. The minimum atomic E-state index is -4.32. The highest BCUT2D eigenvalue weighted by atomic mass is 31.2. The molecule has 0 aliphatic carbocycles. The molecule has 8 nitrogen and oxygen atoms in total. The van der Waals surface area contributed by atoms with Crippen LogP contribution in [-0.4, -0.2) is 73.4 Å². The Bertz CT molecular complexity index is 1070. The molecule has 0 spiro atoms. The summed E-state index contributed by atoms with van der Waals surface area (Å²) in [6.45, 7) is 4.76. The number of amides is 1. The van der Waals surface area contributed by atoms with Gasteiger partial charge in [0, 0.05) is 6.42 Å². The van der Waals surface area contributed by atoms with Crippen molar-refractivity contribution in [3.05, 3.63) is 36.5 Å². The van der Waals surface area contributed by atoms with E-state index in [0.717, 1.165) is 64.2 Å². The molecule has 0 saturated carbocycles. The lowest BCUT2D eigenvalue weighted by Gasteiger charge is -2.26. The molecule has 0 aliphatic heterocycles. The van der Waals surface area contributed by atoms with Gasteiger partial charge in [0.1, 0.15) is 13.2 Å². The minimum absolute atomic E-state index is 0.0684. The van der Waals surface area contributed by atoms with Crippen LogP contribution in [0.25, 0.3) is 0 Å². The van der Waals surface area contributed by atoms with E-state index in [4.69, 9.17) is 9.05 Å². The van der Waals surface area contributed by atoms with Crippen LogP contribution in [0.1, 0.15) is 232 Å². The van der Waals surface area contributed by atoms with Crippen molar-refractivity contribution < 1.29 is 32.9 Å². The zero-order valence-electron chi connectivity index (χ0n) is 40.2. The lowest BCUT2D eigenvalue weighted by molar-refractivity contribution is -0.870. The van der Waals surface area contributed by atoms with E-state index < -0.39 is 20.0 Å². The molecule has 60 heavy (non-hydrogen) atoms. The number of rotatable bonds is 46. The average molecular weight is 868 g/mol. The van der Waals surface area contributed by atoms with Crippen molar-refractivity contribution in [3.63, 3.8) is 0 Å². The van der Waals surface area contributed by atoms with E-state index in [1.54, 1.807) is 0 Å². The average Bonchev–Trinajstić information content (AvgIpc) is 3.20. The second-order valence-electron chi connectivity index (χ2n) is 18.5. The molecule has 354 valence electrons. The van der Waals surface area contributed by atoms with Gasteiger partial charge < -0.3 is 19.8 Å². The van der Waals surface area contributed by atoms with Crippen LogP contribution in [0.2, 0.25) is 0 Å². The molecule has 0 aromatic heterocycles. The molecular weight excluding hydrogens is 768 g/mol. The van der Waals surface area contributed by atoms with Crippen molar-refractivity contribution in [2.24, 2.45) is 0 Å². The SMILES string of the molecule is CC/C=C\C/C=C\C/C=C\CCCCCC(=O)NC(COP(=O)(O)OCC[N+](C)(C)C)C(O)CCCCCCCCCCCCCCCCCCCCCCCCCCC. The van der Waals surface area contributed by atoms with Gasteiger partial charge >= 0.3 is 7.82 Å². The molecule has 0 aromatic carbocycles. The summed E-state index contributed by atoms with van der Waals surface area (Å²) in [7, 11) is 1.60. The summed E-state index contributed by atoms with van der Waals surface area (Å²) in [5.41, 5.74) is 0. The van der Waals surface area contributed by atoms with E-state index in [0.29, 0.717) is 23.9 Å². The molecule has 1 amide bonds. The van der Waals surface area contributed by atoms with Gasteiger partial charge in [-0.1, -0.05) is 217 Å². The zero-order valence-corrected chi connectivity index (χ0v) is 41.1. The van der Waals surface area contributed by atoms with Crippen LogP contribution in [0, 0.1) is 0 Å². The number of hydrogen-bond donors (Lipinski definition) is 3. The van der Waals surface area contributed by atoms with Gasteiger partial charge in [-0.2, -0.15) is 0 Å². The molecular formula is C51H100N2O6P+. The maximum Gasteiger partial charge on any atom is 0.472 e. The van der Waals surface area contributed by atoms with Gasteiger partial charge in [-0.25, -0.2) is 4.57 Å². The zero-order chi connectivity index (χ0) is 44.3. The third-order valence-corrected chi connectivity index (χ3v) is 12.4. The second-order valence-corrected chi connectivity index (χ2v) is 20.0. The molecule has 3 unspecified atom stereocenters. The number of likely N-dealkylation sites (N-methyl/N-ethyl adjacent to an activating group) is 1. The smallest absolute Gasteiger partial charge is 0.391 e. The fourth-order valence-corrected chi connectivity index (χ4v) is 8.15. The molecule has 0 fully saturated rings. The van der Waals surface area contributed by atoms with Crippen LogP contribution in [0.4, 0.5) is 0 Å². The number of carbonyl (C=O) groups is 1. The Labute approximate surface area is 372 Å². The Hall–Kier alpha value is -1.28. The van der Waals surface area contributed by atoms with Gasteiger partial charge in [0.2, 0.25) is 5.91 Å². The summed E-state index contributed by atoms with van der Waals surface area (Å²) >= 11 is 0. The standard InChI is InChI=1S/C51H99N2O6P/c1-6-8-10-12-14-16-18-20-21-22-23-24-25-26-27-28-29-30-31-33-34-36-38-40-42-44-50(54)49(48-59-60(56,57)58-47-46-53(3,4)5)52-51(55)45-43-41-39-37-35-32-19-17-15-13-11-9-7-2/h9,11,15,17,32,35,49-50,54H,6-8,10,12-14,16,18-31,33-34,36-48H2,1-5H3,(H-,52,55,56,57)/p+1/b11-9-,17-15-,35-32-. The molecule has 0 rings (SSSR count). The highest BCUT2D eigenvalue weighted by Crippen LogP contribution is 2.43. The van der Waals surface area contributed by atoms with Gasteiger partial charge in [0.25, 0.3) is 0 Å². The fourth-order valence-electron chi connectivity index (χ4n) is 7.41.